The van der Waals surface area contributed by atoms with Crippen LogP contribution in [-0.4, -0.2) is 20.9 Å². The summed E-state index contributed by atoms with van der Waals surface area (Å²) in [7, 11) is -3.54. The minimum Gasteiger partial charge on any atom is -0.425 e. The van der Waals surface area contributed by atoms with Gasteiger partial charge in [-0.05, 0) is 69.2 Å². The third kappa shape index (κ3) is 6.12. The first-order valence-electron chi connectivity index (χ1n) is 11.8. The van der Waals surface area contributed by atoms with Crippen LogP contribution in [0.1, 0.15) is 55.2 Å². The van der Waals surface area contributed by atoms with Gasteiger partial charge in [0.05, 0.1) is 9.92 Å². The van der Waals surface area contributed by atoms with Crippen molar-refractivity contribution in [3.8, 4) is 5.75 Å². The number of hydrogen-bond donors (Lipinski definition) is 1. The lowest BCUT2D eigenvalue weighted by Crippen LogP contribution is -2.24. The van der Waals surface area contributed by atoms with Crippen LogP contribution in [0.5, 0.6) is 5.75 Å². The second-order valence-corrected chi connectivity index (χ2v) is 11.0. The highest BCUT2D eigenvalue weighted by atomic mass is 35.5. The molecule has 1 aliphatic carbocycles. The lowest BCUT2D eigenvalue weighted by Gasteiger charge is -2.16. The summed E-state index contributed by atoms with van der Waals surface area (Å²) >= 11 is 6.37. The number of benzene rings is 2. The highest BCUT2D eigenvalue weighted by Gasteiger charge is 2.20. The molecule has 9 heteroatoms. The zero-order valence-corrected chi connectivity index (χ0v) is 21.1. The van der Waals surface area contributed by atoms with Gasteiger partial charge in [0, 0.05) is 30.0 Å². The normalized spacial score (nSPS) is 13.5. The Morgan fingerprint density at radius 1 is 1.06 bits per heavy atom. The van der Waals surface area contributed by atoms with Gasteiger partial charge in [-0.3, -0.25) is 4.79 Å². The summed E-state index contributed by atoms with van der Waals surface area (Å²) in [5.74, 6) is -0.291. The molecular formula is C26H28ClNO6S. The maximum absolute atomic E-state index is 12.3. The van der Waals surface area contributed by atoms with Gasteiger partial charge in [-0.1, -0.05) is 35.7 Å². The van der Waals surface area contributed by atoms with Gasteiger partial charge in [-0.25, -0.2) is 17.9 Å². The van der Waals surface area contributed by atoms with Gasteiger partial charge in [0.15, 0.2) is 5.75 Å². The Labute approximate surface area is 209 Å². The molecule has 0 saturated carbocycles. The fourth-order valence-corrected chi connectivity index (χ4v) is 5.55. The van der Waals surface area contributed by atoms with E-state index in [4.69, 9.17) is 20.8 Å². The number of aryl methyl sites for hydroxylation is 2. The van der Waals surface area contributed by atoms with E-state index >= 15 is 0 Å². The van der Waals surface area contributed by atoms with Crippen LogP contribution in [0.25, 0.3) is 11.0 Å². The summed E-state index contributed by atoms with van der Waals surface area (Å²) in [6.07, 6.45) is 5.41. The molecule has 3 aromatic rings. The number of esters is 1. The molecule has 1 heterocycles. The van der Waals surface area contributed by atoms with Crippen molar-refractivity contribution in [3.05, 3.63) is 68.5 Å². The number of fused-ring (bicyclic) bond motifs is 3. The number of halogens is 1. The zero-order valence-electron chi connectivity index (χ0n) is 19.6. The van der Waals surface area contributed by atoms with E-state index in [0.717, 1.165) is 35.8 Å². The summed E-state index contributed by atoms with van der Waals surface area (Å²) in [6, 6.07) is 9.86. The highest BCUT2D eigenvalue weighted by Crippen LogP contribution is 2.34. The summed E-state index contributed by atoms with van der Waals surface area (Å²) in [5, 5.41) is 1.08. The van der Waals surface area contributed by atoms with E-state index in [1.165, 1.54) is 6.07 Å². The second-order valence-electron chi connectivity index (χ2n) is 8.83. The summed E-state index contributed by atoms with van der Waals surface area (Å²) in [6.45, 7) is 2.18. The second kappa shape index (κ2) is 10.9. The fourth-order valence-electron chi connectivity index (χ4n) is 4.27. The van der Waals surface area contributed by atoms with Crippen molar-refractivity contribution in [1.82, 2.24) is 4.72 Å². The number of ether oxygens (including phenoxy) is 1. The SMILES string of the molecule is Cc1ccc(S(=O)(=O)NCCCCCC(=O)Oc2cc3oc(=O)c4c(c3cc2Cl)CCCC4)cc1. The monoisotopic (exact) mass is 517 g/mol. The first-order valence-corrected chi connectivity index (χ1v) is 13.7. The molecule has 0 amide bonds. The van der Waals surface area contributed by atoms with E-state index < -0.39 is 16.0 Å². The number of nitrogens with one attached hydrogen (secondary N) is 1. The van der Waals surface area contributed by atoms with Gasteiger partial charge < -0.3 is 9.15 Å². The van der Waals surface area contributed by atoms with E-state index in [-0.39, 0.29) is 34.3 Å². The van der Waals surface area contributed by atoms with Crippen LogP contribution in [0.2, 0.25) is 5.02 Å². The summed E-state index contributed by atoms with van der Waals surface area (Å²) in [4.78, 5) is 24.9. The molecule has 0 radical (unpaired) electrons. The van der Waals surface area contributed by atoms with Crippen LogP contribution >= 0.6 is 11.6 Å². The molecule has 0 saturated heterocycles. The molecule has 1 N–H and O–H groups in total. The van der Waals surface area contributed by atoms with Crippen molar-refractivity contribution in [2.24, 2.45) is 0 Å². The Hall–Kier alpha value is -2.68. The third-order valence-electron chi connectivity index (χ3n) is 6.18. The number of rotatable bonds is 9. The lowest BCUT2D eigenvalue weighted by atomic mass is 9.91. The Morgan fingerprint density at radius 2 is 1.77 bits per heavy atom. The molecule has 1 aliphatic rings. The Bertz CT molecular complexity index is 1400. The Morgan fingerprint density at radius 3 is 2.51 bits per heavy atom. The Kier molecular flexibility index (Phi) is 7.94. The van der Waals surface area contributed by atoms with Crippen molar-refractivity contribution >= 4 is 38.6 Å². The average Bonchev–Trinajstić information content (AvgIpc) is 2.83. The molecule has 1 aromatic heterocycles. The molecule has 4 rings (SSSR count). The van der Waals surface area contributed by atoms with Crippen LogP contribution in [0, 0.1) is 6.92 Å². The molecule has 0 unspecified atom stereocenters. The van der Waals surface area contributed by atoms with Crippen LogP contribution < -0.4 is 15.1 Å². The van der Waals surface area contributed by atoms with Crippen LogP contribution in [-0.2, 0) is 27.7 Å². The topological polar surface area (TPSA) is 103 Å². The quantitative estimate of drug-likeness (QED) is 0.184. The summed E-state index contributed by atoms with van der Waals surface area (Å²) < 4.78 is 38.0. The van der Waals surface area contributed by atoms with Crippen LogP contribution in [0.15, 0.2) is 50.5 Å². The predicted molar refractivity (Wildman–Crippen MR) is 135 cm³/mol. The van der Waals surface area contributed by atoms with Gasteiger partial charge in [-0.15, -0.1) is 0 Å². The number of hydrogen-bond acceptors (Lipinski definition) is 6. The van der Waals surface area contributed by atoms with E-state index in [1.807, 2.05) is 6.92 Å². The first kappa shape index (κ1) is 25.4. The molecule has 0 bridgehead atoms. The van der Waals surface area contributed by atoms with Crippen molar-refractivity contribution in [2.45, 2.75) is 63.2 Å². The number of carbonyl (C=O) groups excluding carboxylic acids is 1. The van der Waals surface area contributed by atoms with Gasteiger partial charge in [0.2, 0.25) is 10.0 Å². The molecule has 35 heavy (non-hydrogen) atoms. The highest BCUT2D eigenvalue weighted by molar-refractivity contribution is 7.89. The van der Waals surface area contributed by atoms with Crippen molar-refractivity contribution in [3.63, 3.8) is 0 Å². The molecule has 0 atom stereocenters. The number of unbranched alkanes of at least 4 members (excludes halogenated alkanes) is 2. The minimum absolute atomic E-state index is 0.160. The maximum Gasteiger partial charge on any atom is 0.339 e. The van der Waals surface area contributed by atoms with Gasteiger partial charge in [-0.2, -0.15) is 0 Å². The number of sulfonamides is 1. The van der Waals surface area contributed by atoms with Gasteiger partial charge in [0.25, 0.3) is 0 Å². The van der Waals surface area contributed by atoms with Crippen LogP contribution in [0.4, 0.5) is 0 Å². The lowest BCUT2D eigenvalue weighted by molar-refractivity contribution is -0.134. The van der Waals surface area contributed by atoms with E-state index in [2.05, 4.69) is 4.72 Å². The van der Waals surface area contributed by atoms with Crippen molar-refractivity contribution in [1.29, 1.82) is 0 Å². The van der Waals surface area contributed by atoms with Gasteiger partial charge >= 0.3 is 11.6 Å². The average molecular weight is 518 g/mol. The molecule has 0 aliphatic heterocycles. The third-order valence-corrected chi connectivity index (χ3v) is 7.95. The molecular weight excluding hydrogens is 490 g/mol. The van der Waals surface area contributed by atoms with E-state index in [0.29, 0.717) is 36.8 Å². The zero-order chi connectivity index (χ0) is 25.0. The molecule has 0 fully saturated rings. The first-order chi connectivity index (χ1) is 16.7. The minimum atomic E-state index is -3.54. The molecule has 0 spiro atoms. The fraction of sp³-hybridized carbons (Fsp3) is 0.385. The van der Waals surface area contributed by atoms with Crippen molar-refractivity contribution < 1.29 is 22.4 Å². The smallest absolute Gasteiger partial charge is 0.339 e. The maximum atomic E-state index is 12.3. The molecule has 2 aromatic carbocycles. The summed E-state index contributed by atoms with van der Waals surface area (Å²) in [5.41, 5.74) is 2.70. The largest absolute Gasteiger partial charge is 0.425 e. The standard InChI is InChI=1S/C26H28ClNO6S/c1-17-10-12-18(13-11-17)35(31,32)28-14-6-2-3-9-25(29)33-24-16-23-21(15-22(24)27)19-7-4-5-8-20(19)26(30)34-23/h10-13,15-16,28H,2-9,14H2,1H3. The number of carbonyl (C=O) groups is 1. The van der Waals surface area contributed by atoms with Crippen molar-refractivity contribution in [2.75, 3.05) is 6.54 Å². The Balaban J connectivity index is 1.27. The van der Waals surface area contributed by atoms with Gasteiger partial charge in [0.1, 0.15) is 5.58 Å². The van der Waals surface area contributed by atoms with Crippen LogP contribution in [0.3, 0.4) is 0 Å². The molecule has 7 nitrogen and oxygen atoms in total. The molecule has 186 valence electrons. The van der Waals surface area contributed by atoms with E-state index in [9.17, 15) is 18.0 Å². The van der Waals surface area contributed by atoms with E-state index in [1.54, 1.807) is 30.3 Å². The predicted octanol–water partition coefficient (Wildman–Crippen LogP) is 5.08.